The Balaban J connectivity index is 1.24. The highest BCUT2D eigenvalue weighted by Gasteiger charge is 2.33. The van der Waals surface area contributed by atoms with Crippen molar-refractivity contribution in [3.8, 4) is 17.2 Å². The van der Waals surface area contributed by atoms with Crippen molar-refractivity contribution in [3.05, 3.63) is 89.5 Å². The third kappa shape index (κ3) is 7.62. The number of amides is 3. The molecule has 3 amide bonds. The van der Waals surface area contributed by atoms with E-state index in [0.29, 0.717) is 11.4 Å². The van der Waals surface area contributed by atoms with E-state index < -0.39 is 35.5 Å². The van der Waals surface area contributed by atoms with Gasteiger partial charge >= 0.3 is 12.4 Å². The first-order valence-electron chi connectivity index (χ1n) is 13.6. The number of aliphatic imine (C=N–C) groups is 1. The van der Waals surface area contributed by atoms with Crippen LogP contribution in [0.2, 0.25) is 0 Å². The number of amidine groups is 1. The van der Waals surface area contributed by atoms with Crippen molar-refractivity contribution in [2.24, 2.45) is 4.99 Å². The van der Waals surface area contributed by atoms with Crippen molar-refractivity contribution >= 4 is 40.2 Å². The number of anilines is 2. The number of thioether (sulfide) groups is 1. The van der Waals surface area contributed by atoms with Crippen LogP contribution in [0, 0.1) is 18.6 Å². The number of aromatic nitrogens is 3. The van der Waals surface area contributed by atoms with Crippen LogP contribution in [0.25, 0.3) is 5.69 Å². The predicted octanol–water partition coefficient (Wildman–Crippen LogP) is 7.12. The zero-order chi connectivity index (χ0) is 33.2. The Morgan fingerprint density at radius 2 is 1.76 bits per heavy atom. The number of aryl methyl sites for hydroxylation is 1. The molecule has 1 aliphatic heterocycles. The fourth-order valence-electron chi connectivity index (χ4n) is 4.43. The number of alkyl halides is 3. The second-order valence-electron chi connectivity index (χ2n) is 10.3. The Hall–Kier alpha value is -4.99. The Morgan fingerprint density at radius 1 is 1.07 bits per heavy atom. The number of rotatable bonds is 8. The highest BCUT2D eigenvalue weighted by molar-refractivity contribution is 8.15. The lowest BCUT2D eigenvalue weighted by molar-refractivity contribution is -0.274. The molecule has 1 fully saturated rings. The lowest BCUT2D eigenvalue weighted by atomic mass is 9.99. The van der Waals surface area contributed by atoms with Gasteiger partial charge in [-0.3, -0.25) is 9.69 Å². The minimum atomic E-state index is -4.82. The summed E-state index contributed by atoms with van der Waals surface area (Å²) in [6.07, 6.45) is -3.55. The van der Waals surface area contributed by atoms with E-state index in [4.69, 9.17) is 4.74 Å². The third-order valence-electron chi connectivity index (χ3n) is 6.50. The summed E-state index contributed by atoms with van der Waals surface area (Å²) in [7, 11) is 0. The molecular weight excluding hydrogens is 635 g/mol. The van der Waals surface area contributed by atoms with E-state index in [1.165, 1.54) is 28.0 Å². The maximum Gasteiger partial charge on any atom is 0.573 e. The normalized spacial score (nSPS) is 14.3. The van der Waals surface area contributed by atoms with Crippen LogP contribution in [-0.4, -0.2) is 44.0 Å². The summed E-state index contributed by atoms with van der Waals surface area (Å²) >= 11 is 1.03. The topological polar surface area (TPSA) is 111 Å². The highest BCUT2D eigenvalue weighted by Crippen LogP contribution is 2.34. The molecule has 0 atom stereocenters. The number of benzene rings is 3. The predicted molar refractivity (Wildman–Crippen MR) is 160 cm³/mol. The smallest absolute Gasteiger partial charge is 0.485 e. The van der Waals surface area contributed by atoms with Gasteiger partial charge in [-0.15, -0.1) is 18.3 Å². The van der Waals surface area contributed by atoms with E-state index in [9.17, 15) is 31.5 Å². The minimum absolute atomic E-state index is 0.0443. The van der Waals surface area contributed by atoms with E-state index in [0.717, 1.165) is 47.2 Å². The first-order valence-corrected chi connectivity index (χ1v) is 14.6. The average molecular weight is 661 g/mol. The van der Waals surface area contributed by atoms with Gasteiger partial charge in [-0.2, -0.15) is 4.99 Å². The van der Waals surface area contributed by atoms with Gasteiger partial charge in [-0.05, 0) is 54.3 Å². The quantitative estimate of drug-likeness (QED) is 0.200. The SMILES string of the molecule is Cc1ccc(C(C)C)c(N2C(=O)CSC2=NC(=O)Nc2c(F)cc(OCc3ncn(-c4ccc(OC(F)(F)F)cc4)n3)cc2F)c1. The molecule has 0 bridgehead atoms. The molecule has 10 nitrogen and oxygen atoms in total. The van der Waals surface area contributed by atoms with E-state index in [1.807, 2.05) is 39.0 Å². The van der Waals surface area contributed by atoms with Crippen molar-refractivity contribution in [2.45, 2.75) is 39.7 Å². The zero-order valence-corrected chi connectivity index (χ0v) is 25.2. The molecule has 1 N–H and O–H groups in total. The van der Waals surface area contributed by atoms with Crippen molar-refractivity contribution in [2.75, 3.05) is 16.0 Å². The van der Waals surface area contributed by atoms with Gasteiger partial charge in [0.15, 0.2) is 22.6 Å². The molecule has 46 heavy (non-hydrogen) atoms. The molecule has 2 heterocycles. The minimum Gasteiger partial charge on any atom is -0.485 e. The van der Waals surface area contributed by atoms with Crippen molar-refractivity contribution in [3.63, 3.8) is 0 Å². The molecule has 1 saturated heterocycles. The number of halogens is 5. The molecule has 0 saturated carbocycles. The standard InChI is InChI=1S/C30H25F5N6O4S/c1-16(2)21-9-4-17(3)10-24(21)41-26(42)14-46-29(41)38-28(43)37-27-22(31)11-20(12-23(27)32)44-13-25-36-15-40(39-25)18-5-7-19(8-6-18)45-30(33,34)35/h4-12,15-16H,13-14H2,1-3H3,(H,37,43). The first-order chi connectivity index (χ1) is 21.8. The summed E-state index contributed by atoms with van der Waals surface area (Å²) in [6.45, 7) is 5.50. The van der Waals surface area contributed by atoms with Gasteiger partial charge in [-0.1, -0.05) is 37.7 Å². The lowest BCUT2D eigenvalue weighted by Gasteiger charge is -2.22. The largest absolute Gasteiger partial charge is 0.573 e. The molecule has 0 unspecified atom stereocenters. The molecule has 0 radical (unpaired) electrons. The molecule has 1 aliphatic rings. The second kappa shape index (κ2) is 13.2. The summed E-state index contributed by atoms with van der Waals surface area (Å²) < 4.78 is 77.4. The van der Waals surface area contributed by atoms with Crippen molar-refractivity contribution < 1.29 is 41.0 Å². The van der Waals surface area contributed by atoms with Gasteiger partial charge in [0.05, 0.1) is 17.1 Å². The number of carbonyl (C=O) groups is 2. The zero-order valence-electron chi connectivity index (χ0n) is 24.4. The Morgan fingerprint density at radius 3 is 2.41 bits per heavy atom. The monoisotopic (exact) mass is 660 g/mol. The van der Waals surface area contributed by atoms with Crippen LogP contribution in [0.3, 0.4) is 0 Å². The summed E-state index contributed by atoms with van der Waals surface area (Å²) in [5.74, 6) is -2.99. The maximum absolute atomic E-state index is 14.9. The van der Waals surface area contributed by atoms with E-state index in [2.05, 4.69) is 25.1 Å². The summed E-state index contributed by atoms with van der Waals surface area (Å²) in [4.78, 5) is 34.8. The molecule has 240 valence electrons. The van der Waals surface area contributed by atoms with E-state index >= 15 is 0 Å². The summed E-state index contributed by atoms with van der Waals surface area (Å²) in [5.41, 5.74) is 1.97. The van der Waals surface area contributed by atoms with Gasteiger partial charge in [0.25, 0.3) is 0 Å². The Kier molecular flexibility index (Phi) is 9.27. The van der Waals surface area contributed by atoms with Gasteiger partial charge in [0.1, 0.15) is 30.1 Å². The fraction of sp³-hybridized carbons (Fsp3) is 0.233. The second-order valence-corrected chi connectivity index (χ2v) is 11.2. The summed E-state index contributed by atoms with van der Waals surface area (Å²) in [6, 6.07) is 11.1. The van der Waals surface area contributed by atoms with Crippen LogP contribution in [0.5, 0.6) is 11.5 Å². The van der Waals surface area contributed by atoms with Crippen molar-refractivity contribution in [1.29, 1.82) is 0 Å². The number of hydrogen-bond acceptors (Lipinski definition) is 7. The summed E-state index contributed by atoms with van der Waals surface area (Å²) in [5, 5.41) is 6.31. The van der Waals surface area contributed by atoms with Crippen LogP contribution < -0.4 is 19.7 Å². The average Bonchev–Trinajstić information content (AvgIpc) is 3.59. The van der Waals surface area contributed by atoms with Crippen LogP contribution in [0.15, 0.2) is 65.9 Å². The van der Waals surface area contributed by atoms with Crippen molar-refractivity contribution in [1.82, 2.24) is 14.8 Å². The molecule has 0 spiro atoms. The molecule has 4 aromatic rings. The fourth-order valence-corrected chi connectivity index (χ4v) is 5.29. The van der Waals surface area contributed by atoms with E-state index in [1.54, 1.807) is 0 Å². The van der Waals surface area contributed by atoms with Crippen LogP contribution in [-0.2, 0) is 11.4 Å². The number of urea groups is 1. The molecule has 5 rings (SSSR count). The molecular formula is C30H25F5N6O4S. The number of carbonyl (C=O) groups excluding carboxylic acids is 2. The molecule has 16 heteroatoms. The maximum atomic E-state index is 14.9. The number of hydrogen-bond donors (Lipinski definition) is 1. The van der Waals surface area contributed by atoms with Crippen LogP contribution in [0.4, 0.5) is 38.1 Å². The number of ether oxygens (including phenoxy) is 2. The van der Waals surface area contributed by atoms with Gasteiger partial charge < -0.3 is 14.8 Å². The number of nitrogens with zero attached hydrogens (tertiary/aromatic N) is 5. The number of nitrogens with one attached hydrogen (secondary N) is 1. The Bertz CT molecular complexity index is 1790. The lowest BCUT2D eigenvalue weighted by Crippen LogP contribution is -2.31. The molecule has 0 aliphatic carbocycles. The van der Waals surface area contributed by atoms with Gasteiger partial charge in [0, 0.05) is 12.1 Å². The molecule has 1 aromatic heterocycles. The van der Waals surface area contributed by atoms with Gasteiger partial charge in [0.2, 0.25) is 5.91 Å². The highest BCUT2D eigenvalue weighted by atomic mass is 32.2. The molecule has 3 aromatic carbocycles. The van der Waals surface area contributed by atoms with Crippen LogP contribution >= 0.6 is 11.8 Å². The Labute approximate surface area is 263 Å². The van der Waals surface area contributed by atoms with Gasteiger partial charge in [-0.25, -0.2) is 23.2 Å². The van der Waals surface area contributed by atoms with Crippen LogP contribution in [0.1, 0.15) is 36.7 Å². The van der Waals surface area contributed by atoms with E-state index in [-0.39, 0.29) is 40.9 Å². The third-order valence-corrected chi connectivity index (χ3v) is 7.42. The first kappa shape index (κ1) is 32.4.